The van der Waals surface area contributed by atoms with Crippen LogP contribution < -0.4 is 19.5 Å². The first-order valence-electron chi connectivity index (χ1n) is 11.6. The van der Waals surface area contributed by atoms with E-state index in [1.165, 1.54) is 18.4 Å². The summed E-state index contributed by atoms with van der Waals surface area (Å²) in [6.07, 6.45) is 3.87. The first-order valence-corrected chi connectivity index (χ1v) is 12.4. The molecule has 0 fully saturated rings. The molecule has 1 N–H and O–H groups in total. The zero-order chi connectivity index (χ0) is 24.0. The van der Waals surface area contributed by atoms with E-state index in [1.807, 2.05) is 20.8 Å². The molecule has 180 valence electrons. The van der Waals surface area contributed by atoms with Crippen LogP contribution in [0.2, 0.25) is 0 Å². The molecule has 1 aromatic carbocycles. The van der Waals surface area contributed by atoms with Crippen LogP contribution in [0.5, 0.6) is 17.2 Å². The summed E-state index contributed by atoms with van der Waals surface area (Å²) in [6.45, 7) is 9.07. The lowest BCUT2D eigenvalue weighted by Gasteiger charge is -2.20. The molecule has 0 aliphatic heterocycles. The van der Waals surface area contributed by atoms with E-state index in [0.29, 0.717) is 59.1 Å². The van der Waals surface area contributed by atoms with Crippen LogP contribution >= 0.6 is 11.3 Å². The number of benzene rings is 1. The SMILES string of the molecule is CCOc1cc(C(=O)Nc2sc3c(c2C(=O)OC)CCC(CC)C3)cc(OCC)c1OCC. The molecule has 1 atom stereocenters. The standard InChI is InChI=1S/C25H33NO6S/c1-6-15-10-11-17-20(12-15)33-24(21(17)25(28)29-5)26-23(27)16-13-18(30-7-2)22(32-9-4)19(14-16)31-8-3/h13-15H,6-12H2,1-5H3,(H,26,27). The molecule has 1 aromatic heterocycles. The molecular weight excluding hydrogens is 442 g/mol. The summed E-state index contributed by atoms with van der Waals surface area (Å²) in [5.41, 5.74) is 1.84. The average Bonchev–Trinajstić information content (AvgIpc) is 3.17. The smallest absolute Gasteiger partial charge is 0.341 e. The van der Waals surface area contributed by atoms with Crippen molar-refractivity contribution in [1.29, 1.82) is 0 Å². The zero-order valence-corrected chi connectivity index (χ0v) is 20.9. The molecule has 1 aliphatic carbocycles. The average molecular weight is 476 g/mol. The zero-order valence-electron chi connectivity index (χ0n) is 20.0. The van der Waals surface area contributed by atoms with Gasteiger partial charge in [-0.15, -0.1) is 11.3 Å². The monoisotopic (exact) mass is 475 g/mol. The third-order valence-corrected chi connectivity index (χ3v) is 6.90. The number of carbonyl (C=O) groups excluding carboxylic acids is 2. The molecule has 0 saturated carbocycles. The van der Waals surface area contributed by atoms with E-state index in [2.05, 4.69) is 12.2 Å². The largest absolute Gasteiger partial charge is 0.490 e. The second kappa shape index (κ2) is 11.4. The van der Waals surface area contributed by atoms with Gasteiger partial charge in [0.1, 0.15) is 5.00 Å². The summed E-state index contributed by atoms with van der Waals surface area (Å²) in [5.74, 6) is 1.19. The molecule has 1 heterocycles. The van der Waals surface area contributed by atoms with Gasteiger partial charge in [0, 0.05) is 10.4 Å². The fraction of sp³-hybridized carbons (Fsp3) is 0.520. The number of ether oxygens (including phenoxy) is 4. The Labute approximate surface area is 199 Å². The highest BCUT2D eigenvalue weighted by Crippen LogP contribution is 2.42. The molecule has 0 spiro atoms. The number of esters is 1. The lowest BCUT2D eigenvalue weighted by Crippen LogP contribution is -2.17. The van der Waals surface area contributed by atoms with Gasteiger partial charge < -0.3 is 24.3 Å². The van der Waals surface area contributed by atoms with E-state index in [9.17, 15) is 9.59 Å². The van der Waals surface area contributed by atoms with Gasteiger partial charge >= 0.3 is 5.97 Å². The summed E-state index contributed by atoms with van der Waals surface area (Å²) >= 11 is 1.47. The van der Waals surface area contributed by atoms with Crippen LogP contribution in [0.1, 0.15) is 71.7 Å². The van der Waals surface area contributed by atoms with Crippen molar-refractivity contribution in [2.75, 3.05) is 32.2 Å². The number of fused-ring (bicyclic) bond motifs is 1. The fourth-order valence-corrected chi connectivity index (χ4v) is 5.45. The Bertz CT molecular complexity index is 972. The highest BCUT2D eigenvalue weighted by Gasteiger charge is 2.30. The highest BCUT2D eigenvalue weighted by molar-refractivity contribution is 7.17. The fourth-order valence-electron chi connectivity index (χ4n) is 4.10. The highest BCUT2D eigenvalue weighted by atomic mass is 32.1. The van der Waals surface area contributed by atoms with Gasteiger partial charge in [-0.25, -0.2) is 4.79 Å². The number of methoxy groups -OCH3 is 1. The molecule has 1 amide bonds. The van der Waals surface area contributed by atoms with Gasteiger partial charge in [-0.2, -0.15) is 0 Å². The quantitative estimate of drug-likeness (QED) is 0.457. The van der Waals surface area contributed by atoms with Crippen LogP contribution in [0.3, 0.4) is 0 Å². The molecule has 0 saturated heterocycles. The molecule has 0 radical (unpaired) electrons. The Kier molecular flexibility index (Phi) is 8.61. The maximum Gasteiger partial charge on any atom is 0.341 e. The van der Waals surface area contributed by atoms with Gasteiger partial charge in [-0.1, -0.05) is 13.3 Å². The topological polar surface area (TPSA) is 83.1 Å². The van der Waals surface area contributed by atoms with Crippen molar-refractivity contribution in [2.24, 2.45) is 5.92 Å². The predicted octanol–water partition coefficient (Wildman–Crippen LogP) is 5.50. The number of nitrogens with one attached hydrogen (secondary N) is 1. The van der Waals surface area contributed by atoms with Crippen LogP contribution in [-0.4, -0.2) is 38.8 Å². The van der Waals surface area contributed by atoms with E-state index in [1.54, 1.807) is 12.1 Å². The van der Waals surface area contributed by atoms with Gasteiger partial charge in [0.05, 0.1) is 32.5 Å². The minimum Gasteiger partial charge on any atom is -0.490 e. The van der Waals surface area contributed by atoms with Crippen LogP contribution in [0.15, 0.2) is 12.1 Å². The molecule has 1 unspecified atom stereocenters. The summed E-state index contributed by atoms with van der Waals surface area (Å²) in [7, 11) is 1.37. The molecule has 0 bridgehead atoms. The van der Waals surface area contributed by atoms with Crippen molar-refractivity contribution in [2.45, 2.75) is 53.4 Å². The Balaban J connectivity index is 1.98. The van der Waals surface area contributed by atoms with Gasteiger partial charge in [0.25, 0.3) is 5.91 Å². The number of thiophene rings is 1. The van der Waals surface area contributed by atoms with E-state index in [4.69, 9.17) is 18.9 Å². The normalized spacial score (nSPS) is 14.9. The third kappa shape index (κ3) is 5.43. The number of anilines is 1. The van der Waals surface area contributed by atoms with Crippen LogP contribution in [0.25, 0.3) is 0 Å². The van der Waals surface area contributed by atoms with Crippen LogP contribution in [0.4, 0.5) is 5.00 Å². The summed E-state index contributed by atoms with van der Waals surface area (Å²) in [5, 5.41) is 3.48. The third-order valence-electron chi connectivity index (χ3n) is 5.73. The van der Waals surface area contributed by atoms with E-state index in [-0.39, 0.29) is 5.91 Å². The number of hydrogen-bond acceptors (Lipinski definition) is 7. The van der Waals surface area contributed by atoms with E-state index < -0.39 is 5.97 Å². The number of hydrogen-bond donors (Lipinski definition) is 1. The molecule has 8 heteroatoms. The summed E-state index contributed by atoms with van der Waals surface area (Å²) in [6, 6.07) is 3.29. The number of carbonyl (C=O) groups is 2. The first-order chi connectivity index (χ1) is 16.0. The van der Waals surface area contributed by atoms with E-state index in [0.717, 1.165) is 36.1 Å². The lowest BCUT2D eigenvalue weighted by molar-refractivity contribution is 0.0600. The van der Waals surface area contributed by atoms with Gasteiger partial charge in [-0.05, 0) is 63.6 Å². The molecular formula is C25H33NO6S. The lowest BCUT2D eigenvalue weighted by atomic mass is 9.85. The van der Waals surface area contributed by atoms with Crippen molar-refractivity contribution in [3.05, 3.63) is 33.7 Å². The first kappa shape index (κ1) is 24.9. The molecule has 33 heavy (non-hydrogen) atoms. The number of amides is 1. The summed E-state index contributed by atoms with van der Waals surface area (Å²) in [4.78, 5) is 27.0. The van der Waals surface area contributed by atoms with Crippen molar-refractivity contribution in [1.82, 2.24) is 0 Å². The van der Waals surface area contributed by atoms with Crippen molar-refractivity contribution in [3.8, 4) is 17.2 Å². The van der Waals surface area contributed by atoms with Crippen molar-refractivity contribution >= 4 is 28.2 Å². The van der Waals surface area contributed by atoms with Crippen LogP contribution in [0, 0.1) is 5.92 Å². The number of rotatable bonds is 10. The molecule has 2 aromatic rings. The predicted molar refractivity (Wildman–Crippen MR) is 129 cm³/mol. The van der Waals surface area contributed by atoms with Crippen molar-refractivity contribution < 1.29 is 28.5 Å². The minimum absolute atomic E-state index is 0.351. The van der Waals surface area contributed by atoms with Gasteiger partial charge in [0.15, 0.2) is 11.5 Å². The van der Waals surface area contributed by atoms with Gasteiger partial charge in [-0.3, -0.25) is 4.79 Å². The van der Waals surface area contributed by atoms with Crippen LogP contribution in [-0.2, 0) is 17.6 Å². The molecule has 1 aliphatic rings. The Morgan fingerprint density at radius 1 is 1.03 bits per heavy atom. The Hall–Kier alpha value is -2.74. The second-order valence-electron chi connectivity index (χ2n) is 7.77. The molecule has 3 rings (SSSR count). The summed E-state index contributed by atoms with van der Waals surface area (Å²) < 4.78 is 22.2. The van der Waals surface area contributed by atoms with Gasteiger partial charge in [0.2, 0.25) is 5.75 Å². The van der Waals surface area contributed by atoms with E-state index >= 15 is 0 Å². The van der Waals surface area contributed by atoms with Crippen molar-refractivity contribution in [3.63, 3.8) is 0 Å². The maximum absolute atomic E-state index is 13.3. The minimum atomic E-state index is -0.422. The second-order valence-corrected chi connectivity index (χ2v) is 8.88. The Morgan fingerprint density at radius 2 is 1.67 bits per heavy atom. The Morgan fingerprint density at radius 3 is 2.21 bits per heavy atom. The molecule has 7 nitrogen and oxygen atoms in total. The maximum atomic E-state index is 13.3.